The number of rotatable bonds is 6. The summed E-state index contributed by atoms with van der Waals surface area (Å²) in [6.07, 6.45) is -3.21. The number of amides is 1. The molecule has 4 rings (SSSR count). The third-order valence-electron chi connectivity index (χ3n) is 8.20. The monoisotopic (exact) mass is 517 g/mol. The summed E-state index contributed by atoms with van der Waals surface area (Å²) in [7, 11) is 3.03. The predicted molar refractivity (Wildman–Crippen MR) is 130 cm³/mol. The van der Waals surface area contributed by atoms with Crippen LogP contribution < -0.4 is 11.1 Å². The number of benzene rings is 1. The molecule has 11 nitrogen and oxygen atoms in total. The van der Waals surface area contributed by atoms with Crippen LogP contribution in [0.25, 0.3) is 0 Å². The number of phenols is 1. The first-order chi connectivity index (χ1) is 17.2. The second-order valence-corrected chi connectivity index (χ2v) is 11.2. The van der Waals surface area contributed by atoms with Crippen LogP contribution in [-0.4, -0.2) is 93.1 Å². The highest BCUT2D eigenvalue weighted by Gasteiger charge is 2.72. The van der Waals surface area contributed by atoms with Gasteiger partial charge in [0.2, 0.25) is 5.91 Å². The van der Waals surface area contributed by atoms with E-state index < -0.39 is 70.8 Å². The van der Waals surface area contributed by atoms with Crippen LogP contribution in [-0.2, 0) is 27.3 Å². The molecular weight excluding hydrogens is 482 g/mol. The zero-order valence-corrected chi connectivity index (χ0v) is 21.3. The summed E-state index contributed by atoms with van der Waals surface area (Å²) in [5, 5.41) is 48.1. The molecule has 2 saturated carbocycles. The molecule has 1 amide bonds. The number of aliphatic hydroxyl groups excluding tert-OH is 2. The van der Waals surface area contributed by atoms with Gasteiger partial charge in [0.25, 0.3) is 0 Å². The van der Waals surface area contributed by atoms with Gasteiger partial charge in [-0.1, -0.05) is 26.0 Å². The van der Waals surface area contributed by atoms with Gasteiger partial charge in [-0.05, 0) is 38.5 Å². The number of aromatic hydroxyl groups is 1. The molecule has 0 saturated heterocycles. The number of primary amides is 1. The second-order valence-electron chi connectivity index (χ2n) is 11.2. The van der Waals surface area contributed by atoms with Crippen molar-refractivity contribution in [2.24, 2.45) is 35.3 Å². The number of hydrogen-bond acceptors (Lipinski definition) is 10. The van der Waals surface area contributed by atoms with Crippen molar-refractivity contribution >= 4 is 23.3 Å². The minimum atomic E-state index is -2.92. The highest BCUT2D eigenvalue weighted by atomic mass is 16.3. The number of nitrogens with one attached hydrogen (secondary N) is 1. The van der Waals surface area contributed by atoms with E-state index in [0.717, 1.165) is 0 Å². The molecule has 202 valence electrons. The number of carbonyl (C=O) groups is 4. The van der Waals surface area contributed by atoms with E-state index in [9.17, 15) is 39.6 Å². The lowest BCUT2D eigenvalue weighted by atomic mass is 9.51. The van der Waals surface area contributed by atoms with Crippen LogP contribution >= 0.6 is 0 Å². The summed E-state index contributed by atoms with van der Waals surface area (Å²) in [5.74, 6) is -10.5. The first kappa shape index (κ1) is 27.3. The summed E-state index contributed by atoms with van der Waals surface area (Å²) >= 11 is 0. The Balaban J connectivity index is 1.80. The van der Waals surface area contributed by atoms with Gasteiger partial charge in [-0.15, -0.1) is 0 Å². The number of carbonyl (C=O) groups excluding carboxylic acids is 4. The minimum absolute atomic E-state index is 0.0299. The minimum Gasteiger partial charge on any atom is -0.507 e. The Bertz CT molecular complexity index is 1150. The van der Waals surface area contributed by atoms with Crippen LogP contribution in [0, 0.1) is 29.6 Å². The molecule has 0 aliphatic heterocycles. The Morgan fingerprint density at radius 1 is 1.16 bits per heavy atom. The topological polar surface area (TPSA) is 190 Å². The van der Waals surface area contributed by atoms with Gasteiger partial charge in [0.15, 0.2) is 23.0 Å². The maximum Gasteiger partial charge on any atom is 0.230 e. The van der Waals surface area contributed by atoms with Gasteiger partial charge >= 0.3 is 0 Å². The lowest BCUT2D eigenvalue weighted by Crippen LogP contribution is -2.78. The van der Waals surface area contributed by atoms with Crippen LogP contribution in [0.1, 0.15) is 35.3 Å². The number of fused-ring (bicyclic) bond motifs is 3. The molecule has 0 bridgehead atoms. The molecule has 0 heterocycles. The van der Waals surface area contributed by atoms with Crippen molar-refractivity contribution in [1.82, 2.24) is 10.2 Å². The van der Waals surface area contributed by atoms with Crippen molar-refractivity contribution in [2.45, 2.75) is 50.7 Å². The third-order valence-corrected chi connectivity index (χ3v) is 8.20. The zero-order valence-electron chi connectivity index (χ0n) is 21.3. The SMILES string of the molecule is CC(C)CNCc1ccc2c(c1O)C(=O)C1C(=O)[C@@]3(O)C(=O)C(C(N)=O)C(O)[C@H](N(C)C)[C@H]3[C@H](O)[C@H]1C2. The van der Waals surface area contributed by atoms with Gasteiger partial charge in [-0.25, -0.2) is 0 Å². The Hall–Kier alpha value is -2.70. The van der Waals surface area contributed by atoms with Crippen molar-refractivity contribution < 1.29 is 39.6 Å². The van der Waals surface area contributed by atoms with E-state index in [0.29, 0.717) is 23.6 Å². The molecule has 0 spiro atoms. The number of nitrogens with zero attached hydrogens (tertiary/aromatic N) is 1. The molecule has 37 heavy (non-hydrogen) atoms. The van der Waals surface area contributed by atoms with Crippen LogP contribution in [0.4, 0.5) is 0 Å². The normalized spacial score (nSPS) is 35.4. The highest BCUT2D eigenvalue weighted by Crippen LogP contribution is 2.51. The Kier molecular flexibility index (Phi) is 7.06. The number of phenolic OH excluding ortho intramolecular Hbond substituents is 1. The molecule has 11 heteroatoms. The fourth-order valence-electron chi connectivity index (χ4n) is 6.49. The lowest BCUT2D eigenvalue weighted by molar-refractivity contribution is -0.207. The standard InChI is InChI=1S/C26H35N3O8/c1-10(2)8-28-9-12-6-5-11-7-13-15(21(32)14(11)19(12)30)23(34)26(37)17(20(13)31)18(29(3)4)22(33)16(24(26)35)25(27)36/h5-6,10,13,15-18,20,22,28,30-31,33,37H,7-9H2,1-4H3,(H2,27,36)/t13-,15?,16?,17-,18+,20+,22?,26+/m0/s1. The van der Waals surface area contributed by atoms with Crippen LogP contribution in [0.5, 0.6) is 5.75 Å². The molecule has 3 aliphatic carbocycles. The fraction of sp³-hybridized carbons (Fsp3) is 0.615. The van der Waals surface area contributed by atoms with Gasteiger partial charge in [-0.2, -0.15) is 0 Å². The first-order valence-electron chi connectivity index (χ1n) is 12.5. The van der Waals surface area contributed by atoms with E-state index in [1.165, 1.54) is 19.0 Å². The Morgan fingerprint density at radius 3 is 2.38 bits per heavy atom. The van der Waals surface area contributed by atoms with Gasteiger partial charge in [0, 0.05) is 30.0 Å². The van der Waals surface area contributed by atoms with Crippen molar-refractivity contribution in [2.75, 3.05) is 20.6 Å². The third kappa shape index (κ3) is 4.00. The molecule has 2 fully saturated rings. The molecular formula is C26H35N3O8. The largest absolute Gasteiger partial charge is 0.507 e. The van der Waals surface area contributed by atoms with E-state index in [1.54, 1.807) is 12.1 Å². The molecule has 3 unspecified atom stereocenters. The number of aliphatic hydroxyl groups is 3. The van der Waals surface area contributed by atoms with Crippen LogP contribution in [0.2, 0.25) is 0 Å². The van der Waals surface area contributed by atoms with E-state index in [4.69, 9.17) is 5.73 Å². The summed E-state index contributed by atoms with van der Waals surface area (Å²) in [6, 6.07) is 2.16. The van der Waals surface area contributed by atoms with Gasteiger partial charge in [0.05, 0.1) is 23.7 Å². The van der Waals surface area contributed by atoms with Gasteiger partial charge in [-0.3, -0.25) is 19.2 Å². The molecule has 8 atom stereocenters. The maximum atomic E-state index is 13.8. The Labute approximate surface area is 214 Å². The van der Waals surface area contributed by atoms with Gasteiger partial charge < -0.3 is 36.4 Å². The van der Waals surface area contributed by atoms with E-state index in [1.807, 2.05) is 13.8 Å². The number of ketones is 3. The average Bonchev–Trinajstić information content (AvgIpc) is 2.80. The smallest absolute Gasteiger partial charge is 0.230 e. The number of hydrogen-bond donors (Lipinski definition) is 6. The van der Waals surface area contributed by atoms with Crippen molar-refractivity contribution in [3.05, 3.63) is 28.8 Å². The molecule has 3 aliphatic rings. The number of Topliss-reactive ketones (excluding diaryl/α,β-unsaturated/α-hetero) is 3. The first-order valence-corrected chi connectivity index (χ1v) is 12.5. The molecule has 1 aromatic carbocycles. The van der Waals surface area contributed by atoms with Crippen LogP contribution in [0.15, 0.2) is 12.1 Å². The van der Waals surface area contributed by atoms with Crippen LogP contribution in [0.3, 0.4) is 0 Å². The highest BCUT2D eigenvalue weighted by molar-refractivity contribution is 6.25. The fourth-order valence-corrected chi connectivity index (χ4v) is 6.49. The van der Waals surface area contributed by atoms with E-state index >= 15 is 0 Å². The van der Waals surface area contributed by atoms with Crippen molar-refractivity contribution in [3.63, 3.8) is 0 Å². The quantitative estimate of drug-likeness (QED) is 0.239. The zero-order chi connectivity index (χ0) is 27.6. The number of likely N-dealkylation sites (N-methyl/N-ethyl adjacent to an activating group) is 1. The second kappa shape index (κ2) is 9.55. The van der Waals surface area contributed by atoms with Gasteiger partial charge in [0.1, 0.15) is 11.7 Å². The predicted octanol–water partition coefficient (Wildman–Crippen LogP) is -1.62. The average molecular weight is 518 g/mol. The lowest BCUT2D eigenvalue weighted by Gasteiger charge is -2.56. The van der Waals surface area contributed by atoms with E-state index in [2.05, 4.69) is 5.32 Å². The molecule has 0 radical (unpaired) electrons. The number of nitrogens with two attached hydrogens (primary N) is 1. The summed E-state index contributed by atoms with van der Waals surface area (Å²) in [5.41, 5.74) is 3.25. The van der Waals surface area contributed by atoms with E-state index in [-0.39, 0.29) is 24.3 Å². The molecule has 1 aromatic rings. The summed E-state index contributed by atoms with van der Waals surface area (Å²) in [4.78, 5) is 54.4. The molecule has 0 aromatic heterocycles. The molecule has 7 N–H and O–H groups in total. The maximum absolute atomic E-state index is 13.8. The Morgan fingerprint density at radius 2 is 1.81 bits per heavy atom. The van der Waals surface area contributed by atoms with Crippen molar-refractivity contribution in [1.29, 1.82) is 0 Å². The van der Waals surface area contributed by atoms with Crippen molar-refractivity contribution in [3.8, 4) is 5.75 Å². The summed E-state index contributed by atoms with van der Waals surface area (Å²) in [6.45, 7) is 5.01. The summed E-state index contributed by atoms with van der Waals surface area (Å²) < 4.78 is 0.